The van der Waals surface area contributed by atoms with E-state index in [1.807, 2.05) is 0 Å². The van der Waals surface area contributed by atoms with Crippen LogP contribution in [0.25, 0.3) is 20.4 Å². The molecule has 5 heterocycles. The first-order valence-corrected chi connectivity index (χ1v) is 11.7. The first-order chi connectivity index (χ1) is 14.5. The van der Waals surface area contributed by atoms with Crippen LogP contribution in [0.15, 0.2) is 6.33 Å². The molecule has 1 saturated heterocycles. The van der Waals surface area contributed by atoms with Crippen molar-refractivity contribution in [3.05, 3.63) is 17.5 Å². The molecule has 0 unspecified atom stereocenters. The van der Waals surface area contributed by atoms with Gasteiger partial charge in [-0.1, -0.05) is 18.3 Å². The Bertz CT molecular complexity index is 1090. The number of H-pyrrole nitrogens is 1. The zero-order valence-corrected chi connectivity index (χ0v) is 18.7. The SMILES string of the molecule is CC[C@@H](CO)Nc1ncnc2c1sc1[nH+]c(N3CCCC3)c3c(c12)CC(C)(C)OC3. The number of pyridine rings is 1. The molecule has 0 saturated carbocycles. The summed E-state index contributed by atoms with van der Waals surface area (Å²) < 4.78 is 7.26. The van der Waals surface area contributed by atoms with Crippen molar-refractivity contribution in [2.24, 2.45) is 0 Å². The standard InChI is InChI=1S/C22H29N5O2S/c1-4-13(10-28)25-19-18-17(23-12-24-19)16-14-9-22(2,3)29-11-15(14)20(26-21(16)30-18)27-7-5-6-8-27/h12-13,28H,4-11H2,1-3H3,(H,23,24,25)/p+1/t13-/m0/s1. The number of aliphatic hydroxyl groups is 1. The van der Waals surface area contributed by atoms with Gasteiger partial charge in [-0.25, -0.2) is 15.0 Å². The second-order valence-corrected chi connectivity index (χ2v) is 10.0. The second kappa shape index (κ2) is 7.59. The number of fused-ring (bicyclic) bond motifs is 5. The minimum Gasteiger partial charge on any atom is -0.394 e. The normalized spacial score (nSPS) is 19.4. The van der Waals surface area contributed by atoms with Crippen LogP contribution < -0.4 is 15.2 Å². The van der Waals surface area contributed by atoms with Crippen LogP contribution in [-0.4, -0.2) is 46.4 Å². The van der Waals surface area contributed by atoms with E-state index in [1.54, 1.807) is 17.7 Å². The minimum atomic E-state index is -0.198. The highest BCUT2D eigenvalue weighted by molar-refractivity contribution is 7.25. The van der Waals surface area contributed by atoms with Crippen molar-refractivity contribution in [3.8, 4) is 0 Å². The van der Waals surface area contributed by atoms with Crippen molar-refractivity contribution >= 4 is 43.4 Å². The summed E-state index contributed by atoms with van der Waals surface area (Å²) in [6.07, 6.45) is 5.80. The molecule has 3 N–H and O–H groups in total. The van der Waals surface area contributed by atoms with Crippen molar-refractivity contribution < 1.29 is 14.8 Å². The largest absolute Gasteiger partial charge is 0.394 e. The van der Waals surface area contributed by atoms with Gasteiger partial charge in [-0.3, -0.25) is 4.90 Å². The molecule has 8 heteroatoms. The summed E-state index contributed by atoms with van der Waals surface area (Å²) in [5.41, 5.74) is 3.42. The molecule has 2 aliphatic heterocycles. The van der Waals surface area contributed by atoms with Gasteiger partial charge in [0.2, 0.25) is 0 Å². The van der Waals surface area contributed by atoms with E-state index in [0.29, 0.717) is 6.61 Å². The molecule has 1 fully saturated rings. The Kier molecular flexibility index (Phi) is 5.03. The van der Waals surface area contributed by atoms with Gasteiger partial charge in [0.25, 0.3) is 5.82 Å². The Morgan fingerprint density at radius 1 is 1.30 bits per heavy atom. The fourth-order valence-corrected chi connectivity index (χ4v) is 5.77. The Morgan fingerprint density at radius 2 is 2.10 bits per heavy atom. The van der Waals surface area contributed by atoms with Crippen LogP contribution in [0, 0.1) is 0 Å². The second-order valence-electron chi connectivity index (χ2n) is 8.99. The Labute approximate surface area is 180 Å². The van der Waals surface area contributed by atoms with E-state index in [4.69, 9.17) is 9.72 Å². The molecule has 0 bridgehead atoms. The predicted octanol–water partition coefficient (Wildman–Crippen LogP) is 3.29. The summed E-state index contributed by atoms with van der Waals surface area (Å²) in [6, 6.07) is -0.0151. The lowest BCUT2D eigenvalue weighted by atomic mass is 9.90. The molecule has 0 aliphatic carbocycles. The average Bonchev–Trinajstić information content (AvgIpc) is 3.38. The lowest BCUT2D eigenvalue weighted by Crippen LogP contribution is -2.36. The van der Waals surface area contributed by atoms with Crippen LogP contribution >= 0.6 is 11.3 Å². The number of hydrogen-bond donors (Lipinski definition) is 2. The molecule has 30 heavy (non-hydrogen) atoms. The molecule has 0 radical (unpaired) electrons. The summed E-state index contributed by atoms with van der Waals surface area (Å²) >= 11 is 1.71. The number of aromatic amines is 1. The maximum atomic E-state index is 9.64. The first kappa shape index (κ1) is 19.9. The molecular formula is C22H30N5O2S+. The van der Waals surface area contributed by atoms with Crippen molar-refractivity contribution in [2.45, 2.75) is 64.7 Å². The zero-order chi connectivity index (χ0) is 20.9. The van der Waals surface area contributed by atoms with E-state index in [2.05, 4.69) is 41.0 Å². The number of thiophene rings is 1. The van der Waals surface area contributed by atoms with Crippen LogP contribution in [0.3, 0.4) is 0 Å². The summed E-state index contributed by atoms with van der Waals surface area (Å²) in [7, 11) is 0. The summed E-state index contributed by atoms with van der Waals surface area (Å²) in [4.78, 5) is 16.6. The monoisotopic (exact) mass is 428 g/mol. The fourth-order valence-electron chi connectivity index (χ4n) is 4.63. The van der Waals surface area contributed by atoms with Gasteiger partial charge in [-0.05, 0) is 38.7 Å². The van der Waals surface area contributed by atoms with Crippen LogP contribution in [0.1, 0.15) is 51.2 Å². The number of anilines is 2. The average molecular weight is 429 g/mol. The van der Waals surface area contributed by atoms with Gasteiger partial charge in [0.05, 0.1) is 54.4 Å². The molecule has 3 aromatic rings. The number of nitrogens with zero attached hydrogens (tertiary/aromatic N) is 3. The Hall–Kier alpha value is -2.03. The molecule has 0 aromatic carbocycles. The van der Waals surface area contributed by atoms with E-state index >= 15 is 0 Å². The van der Waals surface area contributed by atoms with Crippen LogP contribution in [0.2, 0.25) is 0 Å². The maximum absolute atomic E-state index is 9.64. The highest BCUT2D eigenvalue weighted by Crippen LogP contribution is 2.42. The predicted molar refractivity (Wildman–Crippen MR) is 120 cm³/mol. The summed E-state index contributed by atoms with van der Waals surface area (Å²) in [5.74, 6) is 2.01. The van der Waals surface area contributed by atoms with E-state index in [1.165, 1.54) is 35.2 Å². The van der Waals surface area contributed by atoms with Gasteiger partial charge in [0.1, 0.15) is 16.8 Å². The van der Waals surface area contributed by atoms with Gasteiger partial charge in [-0.2, -0.15) is 0 Å². The number of hydrogen-bond acceptors (Lipinski definition) is 7. The highest BCUT2D eigenvalue weighted by atomic mass is 32.1. The lowest BCUT2D eigenvalue weighted by molar-refractivity contribution is -0.328. The minimum absolute atomic E-state index is 0.0151. The third-order valence-electron chi connectivity index (χ3n) is 6.34. The molecular weight excluding hydrogens is 398 g/mol. The molecule has 2 aliphatic rings. The van der Waals surface area contributed by atoms with Gasteiger partial charge < -0.3 is 15.2 Å². The summed E-state index contributed by atoms with van der Waals surface area (Å²) in [5, 5.41) is 14.3. The Morgan fingerprint density at radius 3 is 2.83 bits per heavy atom. The van der Waals surface area contributed by atoms with Crippen LogP contribution in [-0.2, 0) is 17.8 Å². The molecule has 160 valence electrons. The molecule has 7 nitrogen and oxygen atoms in total. The summed E-state index contributed by atoms with van der Waals surface area (Å²) in [6.45, 7) is 9.27. The molecule has 3 aromatic heterocycles. The molecule has 5 rings (SSSR count). The van der Waals surface area contributed by atoms with E-state index < -0.39 is 0 Å². The quantitative estimate of drug-likeness (QED) is 0.649. The van der Waals surface area contributed by atoms with E-state index in [0.717, 1.165) is 46.8 Å². The van der Waals surface area contributed by atoms with E-state index in [-0.39, 0.29) is 18.2 Å². The van der Waals surface area contributed by atoms with Gasteiger partial charge in [0, 0.05) is 6.42 Å². The van der Waals surface area contributed by atoms with Crippen molar-refractivity contribution in [2.75, 3.05) is 29.9 Å². The first-order valence-electron chi connectivity index (χ1n) is 10.9. The number of rotatable bonds is 5. The Balaban J connectivity index is 1.74. The van der Waals surface area contributed by atoms with Gasteiger partial charge >= 0.3 is 0 Å². The zero-order valence-electron chi connectivity index (χ0n) is 17.9. The third kappa shape index (κ3) is 3.31. The van der Waals surface area contributed by atoms with Crippen molar-refractivity contribution in [1.82, 2.24) is 9.97 Å². The maximum Gasteiger partial charge on any atom is 0.281 e. The van der Waals surface area contributed by atoms with Crippen LogP contribution in [0.4, 0.5) is 11.6 Å². The highest BCUT2D eigenvalue weighted by Gasteiger charge is 2.36. The van der Waals surface area contributed by atoms with Gasteiger partial charge in [0.15, 0.2) is 4.83 Å². The molecule has 0 amide bonds. The van der Waals surface area contributed by atoms with Crippen LogP contribution in [0.5, 0.6) is 0 Å². The van der Waals surface area contributed by atoms with E-state index in [9.17, 15) is 5.11 Å². The third-order valence-corrected chi connectivity index (χ3v) is 7.44. The molecule has 1 atom stereocenters. The van der Waals surface area contributed by atoms with Gasteiger partial charge in [-0.15, -0.1) is 0 Å². The van der Waals surface area contributed by atoms with Crippen molar-refractivity contribution in [3.63, 3.8) is 0 Å². The number of ether oxygens (including phenoxy) is 1. The smallest absolute Gasteiger partial charge is 0.281 e. The fraction of sp³-hybridized carbons (Fsp3) is 0.591. The number of aromatic nitrogens is 3. The topological polar surface area (TPSA) is 84.7 Å². The van der Waals surface area contributed by atoms with Crippen molar-refractivity contribution in [1.29, 1.82) is 0 Å². The molecule has 0 spiro atoms. The lowest BCUT2D eigenvalue weighted by Gasteiger charge is -2.32. The number of nitrogens with one attached hydrogen (secondary N) is 2. The number of aliphatic hydroxyl groups excluding tert-OH is 1.